The molecule has 0 radical (unpaired) electrons. The fourth-order valence-electron chi connectivity index (χ4n) is 2.24. The number of benzene rings is 1. The van der Waals surface area contributed by atoms with Crippen LogP contribution < -0.4 is 4.74 Å². The van der Waals surface area contributed by atoms with E-state index in [1.165, 1.54) is 0 Å². The fraction of sp³-hybridized carbons (Fsp3) is 0.533. The minimum Gasteiger partial charge on any atom is -0.496 e. The van der Waals surface area contributed by atoms with Crippen LogP contribution in [-0.2, 0) is 0 Å². The zero-order chi connectivity index (χ0) is 12.8. The van der Waals surface area contributed by atoms with Crippen LogP contribution in [0.3, 0.4) is 0 Å². The predicted octanol–water partition coefficient (Wildman–Crippen LogP) is 4.05. The monoisotopic (exact) mass is 231 g/mol. The zero-order valence-electron chi connectivity index (χ0n) is 11.2. The Kier molecular flexibility index (Phi) is 5.03. The van der Waals surface area contributed by atoms with Crippen LogP contribution in [-0.4, -0.2) is 7.11 Å². The Labute approximate surface area is 104 Å². The van der Waals surface area contributed by atoms with Gasteiger partial charge in [-0.05, 0) is 30.0 Å². The van der Waals surface area contributed by atoms with E-state index in [9.17, 15) is 5.26 Å². The quantitative estimate of drug-likeness (QED) is 0.766. The lowest BCUT2D eigenvalue weighted by Crippen LogP contribution is -2.10. The minimum atomic E-state index is -0.0282. The SMILES string of the molecule is CCC(CC)C(C#N)c1ccc(C)c(OC)c1. The maximum Gasteiger partial charge on any atom is 0.122 e. The van der Waals surface area contributed by atoms with E-state index in [1.54, 1.807) is 7.11 Å². The van der Waals surface area contributed by atoms with Crippen molar-refractivity contribution in [3.63, 3.8) is 0 Å². The van der Waals surface area contributed by atoms with E-state index >= 15 is 0 Å². The average Bonchev–Trinajstić information content (AvgIpc) is 2.36. The van der Waals surface area contributed by atoms with E-state index < -0.39 is 0 Å². The summed E-state index contributed by atoms with van der Waals surface area (Å²) in [4.78, 5) is 0. The highest BCUT2D eigenvalue weighted by Crippen LogP contribution is 2.32. The molecule has 0 N–H and O–H groups in total. The third kappa shape index (κ3) is 3.00. The first-order valence-electron chi connectivity index (χ1n) is 6.22. The molecule has 0 spiro atoms. The Hall–Kier alpha value is -1.49. The summed E-state index contributed by atoms with van der Waals surface area (Å²) in [6.07, 6.45) is 2.07. The summed E-state index contributed by atoms with van der Waals surface area (Å²) >= 11 is 0. The molecule has 2 heteroatoms. The Balaban J connectivity index is 3.09. The molecule has 0 saturated heterocycles. The van der Waals surface area contributed by atoms with Crippen molar-refractivity contribution < 1.29 is 4.74 Å². The van der Waals surface area contributed by atoms with Crippen molar-refractivity contribution in [1.82, 2.24) is 0 Å². The average molecular weight is 231 g/mol. The molecule has 2 nitrogen and oxygen atoms in total. The van der Waals surface area contributed by atoms with Crippen LogP contribution in [0, 0.1) is 24.2 Å². The van der Waals surface area contributed by atoms with Gasteiger partial charge < -0.3 is 4.74 Å². The van der Waals surface area contributed by atoms with E-state index in [2.05, 4.69) is 19.9 Å². The smallest absolute Gasteiger partial charge is 0.122 e. The van der Waals surface area contributed by atoms with Gasteiger partial charge in [0.2, 0.25) is 0 Å². The highest BCUT2D eigenvalue weighted by molar-refractivity contribution is 5.39. The number of ether oxygens (including phenoxy) is 1. The van der Waals surface area contributed by atoms with Crippen molar-refractivity contribution in [1.29, 1.82) is 5.26 Å². The fourth-order valence-corrected chi connectivity index (χ4v) is 2.24. The zero-order valence-corrected chi connectivity index (χ0v) is 11.2. The van der Waals surface area contributed by atoms with Crippen LogP contribution in [0.1, 0.15) is 43.7 Å². The Bertz CT molecular complexity index is 402. The highest BCUT2D eigenvalue weighted by Gasteiger charge is 2.20. The first-order chi connectivity index (χ1) is 8.17. The molecule has 1 aromatic carbocycles. The summed E-state index contributed by atoms with van der Waals surface area (Å²) < 4.78 is 5.32. The molecule has 1 atom stereocenters. The van der Waals surface area contributed by atoms with Crippen LogP contribution in [0.4, 0.5) is 0 Å². The third-order valence-electron chi connectivity index (χ3n) is 3.45. The number of nitriles is 1. The first-order valence-corrected chi connectivity index (χ1v) is 6.22. The molecular formula is C15H21NO. The topological polar surface area (TPSA) is 33.0 Å². The lowest BCUT2D eigenvalue weighted by molar-refractivity contribution is 0.408. The van der Waals surface area contributed by atoms with Crippen LogP contribution in [0.5, 0.6) is 5.75 Å². The largest absolute Gasteiger partial charge is 0.496 e. The second-order valence-electron chi connectivity index (χ2n) is 4.41. The molecule has 0 bridgehead atoms. The third-order valence-corrected chi connectivity index (χ3v) is 3.45. The van der Waals surface area contributed by atoms with Gasteiger partial charge in [-0.15, -0.1) is 0 Å². The summed E-state index contributed by atoms with van der Waals surface area (Å²) in [6.45, 7) is 6.30. The van der Waals surface area contributed by atoms with E-state index in [-0.39, 0.29) is 5.92 Å². The standard InChI is InChI=1S/C15H21NO/c1-5-12(6-2)14(10-16)13-8-7-11(3)15(9-13)17-4/h7-9,12,14H,5-6H2,1-4H3. The second-order valence-corrected chi connectivity index (χ2v) is 4.41. The van der Waals surface area contributed by atoms with Crippen molar-refractivity contribution in [2.45, 2.75) is 39.5 Å². The highest BCUT2D eigenvalue weighted by atomic mass is 16.5. The molecule has 0 saturated carbocycles. The minimum absolute atomic E-state index is 0.0282. The number of aryl methyl sites for hydroxylation is 1. The van der Waals surface area contributed by atoms with E-state index in [4.69, 9.17) is 4.74 Å². The molecule has 0 aliphatic rings. The van der Waals surface area contributed by atoms with Gasteiger partial charge in [0.1, 0.15) is 5.75 Å². The van der Waals surface area contributed by atoms with Crippen molar-refractivity contribution in [3.8, 4) is 11.8 Å². The van der Waals surface area contributed by atoms with Crippen LogP contribution >= 0.6 is 0 Å². The summed E-state index contributed by atoms with van der Waals surface area (Å²) in [5.74, 6) is 1.26. The van der Waals surface area contributed by atoms with Gasteiger partial charge in [-0.3, -0.25) is 0 Å². The summed E-state index contributed by atoms with van der Waals surface area (Å²) in [7, 11) is 1.67. The number of nitrogens with zero attached hydrogens (tertiary/aromatic N) is 1. The van der Waals surface area contributed by atoms with E-state index in [0.717, 1.165) is 29.7 Å². The number of hydrogen-bond acceptors (Lipinski definition) is 2. The molecule has 1 rings (SSSR count). The second kappa shape index (κ2) is 6.30. The maximum absolute atomic E-state index is 9.35. The molecule has 1 unspecified atom stereocenters. The normalized spacial score (nSPS) is 12.2. The van der Waals surface area contributed by atoms with Gasteiger partial charge in [-0.25, -0.2) is 0 Å². The van der Waals surface area contributed by atoms with Gasteiger partial charge in [-0.1, -0.05) is 38.8 Å². The van der Waals surface area contributed by atoms with E-state index in [1.807, 2.05) is 25.1 Å². The number of hydrogen-bond donors (Lipinski definition) is 0. The maximum atomic E-state index is 9.35. The summed E-state index contributed by atoms with van der Waals surface area (Å²) in [6, 6.07) is 8.51. The van der Waals surface area contributed by atoms with Crippen LogP contribution in [0.2, 0.25) is 0 Å². The summed E-state index contributed by atoms with van der Waals surface area (Å²) in [5, 5.41) is 9.35. The molecular weight excluding hydrogens is 210 g/mol. The molecule has 0 heterocycles. The molecule has 17 heavy (non-hydrogen) atoms. The van der Waals surface area contributed by atoms with Gasteiger partial charge in [0.05, 0.1) is 19.1 Å². The van der Waals surface area contributed by atoms with Gasteiger partial charge in [0.15, 0.2) is 0 Å². The van der Waals surface area contributed by atoms with Crippen molar-refractivity contribution in [3.05, 3.63) is 29.3 Å². The molecule has 92 valence electrons. The van der Waals surface area contributed by atoms with E-state index in [0.29, 0.717) is 5.92 Å². The first kappa shape index (κ1) is 13.6. The lowest BCUT2D eigenvalue weighted by atomic mass is 9.83. The Morgan fingerprint density at radius 3 is 2.41 bits per heavy atom. The van der Waals surface area contributed by atoms with Gasteiger partial charge in [0, 0.05) is 0 Å². The molecule has 0 aliphatic carbocycles. The Morgan fingerprint density at radius 2 is 1.94 bits per heavy atom. The molecule has 0 amide bonds. The van der Waals surface area contributed by atoms with Crippen molar-refractivity contribution in [2.75, 3.05) is 7.11 Å². The number of methoxy groups -OCH3 is 1. The van der Waals surface area contributed by atoms with Crippen LogP contribution in [0.25, 0.3) is 0 Å². The van der Waals surface area contributed by atoms with Gasteiger partial charge >= 0.3 is 0 Å². The predicted molar refractivity (Wildman–Crippen MR) is 70.2 cm³/mol. The summed E-state index contributed by atoms with van der Waals surface area (Å²) in [5.41, 5.74) is 2.18. The van der Waals surface area contributed by atoms with Gasteiger partial charge in [0.25, 0.3) is 0 Å². The molecule has 0 aliphatic heterocycles. The Morgan fingerprint density at radius 1 is 1.29 bits per heavy atom. The molecule has 1 aromatic rings. The lowest BCUT2D eigenvalue weighted by Gasteiger charge is -2.20. The van der Waals surface area contributed by atoms with Crippen LogP contribution in [0.15, 0.2) is 18.2 Å². The number of rotatable bonds is 5. The van der Waals surface area contributed by atoms with Gasteiger partial charge in [-0.2, -0.15) is 5.26 Å². The molecule has 0 aromatic heterocycles. The van der Waals surface area contributed by atoms with Crippen molar-refractivity contribution >= 4 is 0 Å². The molecule has 0 fully saturated rings. The van der Waals surface area contributed by atoms with Crippen molar-refractivity contribution in [2.24, 2.45) is 5.92 Å².